The number of rotatable bonds is 7. The first kappa shape index (κ1) is 14.9. The van der Waals surface area contributed by atoms with Gasteiger partial charge in [-0.1, -0.05) is 13.0 Å². The van der Waals surface area contributed by atoms with Crippen LogP contribution in [0.5, 0.6) is 5.75 Å². The largest absolute Gasteiger partial charge is 0.493 e. The molecule has 0 saturated heterocycles. The van der Waals surface area contributed by atoms with Crippen LogP contribution >= 0.6 is 0 Å². The molecule has 19 heavy (non-hydrogen) atoms. The number of hydrogen-bond acceptors (Lipinski definition) is 5. The van der Waals surface area contributed by atoms with Gasteiger partial charge in [0.25, 0.3) is 5.69 Å². The van der Waals surface area contributed by atoms with Crippen molar-refractivity contribution in [2.24, 2.45) is 5.73 Å². The van der Waals surface area contributed by atoms with Crippen LogP contribution in [0.1, 0.15) is 26.2 Å². The minimum Gasteiger partial charge on any atom is -0.493 e. The molecule has 0 spiro atoms. The van der Waals surface area contributed by atoms with Gasteiger partial charge in [0.15, 0.2) is 0 Å². The van der Waals surface area contributed by atoms with Crippen LogP contribution in [-0.4, -0.2) is 17.1 Å². The van der Waals surface area contributed by atoms with Crippen LogP contribution in [0.3, 0.4) is 0 Å². The van der Waals surface area contributed by atoms with Crippen LogP contribution in [-0.2, 0) is 0 Å². The molecule has 0 radical (unpaired) electrons. The zero-order valence-corrected chi connectivity index (χ0v) is 10.8. The summed E-state index contributed by atoms with van der Waals surface area (Å²) in [6, 6.07) is 8.10. The normalized spacial score (nSPS) is 13.3. The molecular weight excluding hydrogens is 246 g/mol. The molecule has 0 fully saturated rings. The van der Waals surface area contributed by atoms with Gasteiger partial charge >= 0.3 is 0 Å². The molecule has 6 heteroatoms. The lowest BCUT2D eigenvalue weighted by molar-refractivity contribution is -0.384. The van der Waals surface area contributed by atoms with Crippen molar-refractivity contribution in [3.63, 3.8) is 0 Å². The van der Waals surface area contributed by atoms with Gasteiger partial charge in [0.2, 0.25) is 0 Å². The lowest BCUT2D eigenvalue weighted by Gasteiger charge is -2.18. The SMILES string of the molecule is CCC(N)(C#N)CCCOc1cccc([N+](=O)[O-])c1. The molecule has 1 aromatic rings. The van der Waals surface area contributed by atoms with E-state index in [0.29, 0.717) is 31.6 Å². The predicted molar refractivity (Wildman–Crippen MR) is 70.6 cm³/mol. The molecule has 0 aliphatic heterocycles. The molecule has 1 unspecified atom stereocenters. The molecule has 2 N–H and O–H groups in total. The van der Waals surface area contributed by atoms with Gasteiger partial charge in [-0.3, -0.25) is 10.1 Å². The summed E-state index contributed by atoms with van der Waals surface area (Å²) in [6.45, 7) is 2.24. The second-order valence-corrected chi connectivity index (χ2v) is 4.33. The van der Waals surface area contributed by atoms with Crippen LogP contribution in [0.15, 0.2) is 24.3 Å². The lowest BCUT2D eigenvalue weighted by atomic mass is 9.94. The van der Waals surface area contributed by atoms with Crippen LogP contribution < -0.4 is 10.5 Å². The number of nitrogens with two attached hydrogens (primary N) is 1. The minimum atomic E-state index is -0.813. The summed E-state index contributed by atoms with van der Waals surface area (Å²) >= 11 is 0. The zero-order valence-electron chi connectivity index (χ0n) is 10.8. The fourth-order valence-corrected chi connectivity index (χ4v) is 1.58. The van der Waals surface area contributed by atoms with Crippen LogP contribution in [0.25, 0.3) is 0 Å². The number of nitro groups is 1. The summed E-state index contributed by atoms with van der Waals surface area (Å²) in [7, 11) is 0. The van der Waals surface area contributed by atoms with E-state index in [-0.39, 0.29) is 5.69 Å². The molecule has 102 valence electrons. The Balaban J connectivity index is 2.44. The molecule has 0 aliphatic rings. The summed E-state index contributed by atoms with van der Waals surface area (Å²) in [6.07, 6.45) is 1.75. The molecule has 0 saturated carbocycles. The average molecular weight is 263 g/mol. The molecular formula is C13H17N3O3. The number of non-ortho nitro benzene ring substituents is 1. The van der Waals surface area contributed by atoms with Gasteiger partial charge in [-0.05, 0) is 25.3 Å². The molecule has 0 heterocycles. The van der Waals surface area contributed by atoms with E-state index in [4.69, 9.17) is 15.7 Å². The quantitative estimate of drug-likeness (QED) is 0.462. The lowest BCUT2D eigenvalue weighted by Crippen LogP contribution is -2.37. The first-order valence-electron chi connectivity index (χ1n) is 6.08. The molecule has 6 nitrogen and oxygen atoms in total. The van der Waals surface area contributed by atoms with E-state index in [0.717, 1.165) is 0 Å². The number of ether oxygens (including phenoxy) is 1. The van der Waals surface area contributed by atoms with E-state index in [1.54, 1.807) is 12.1 Å². The van der Waals surface area contributed by atoms with Gasteiger partial charge in [-0.2, -0.15) is 5.26 Å². The smallest absolute Gasteiger partial charge is 0.273 e. The third kappa shape index (κ3) is 4.56. The van der Waals surface area contributed by atoms with E-state index in [1.807, 2.05) is 6.92 Å². The van der Waals surface area contributed by atoms with Crippen molar-refractivity contribution in [3.05, 3.63) is 34.4 Å². The Labute approximate surface area is 111 Å². The van der Waals surface area contributed by atoms with E-state index in [1.165, 1.54) is 12.1 Å². The highest BCUT2D eigenvalue weighted by Gasteiger charge is 2.21. The number of nitrogens with zero attached hydrogens (tertiary/aromatic N) is 2. The van der Waals surface area contributed by atoms with Gasteiger partial charge < -0.3 is 10.5 Å². The minimum absolute atomic E-state index is 0.00347. The Morgan fingerprint density at radius 2 is 2.32 bits per heavy atom. The first-order chi connectivity index (χ1) is 9.00. The van der Waals surface area contributed by atoms with E-state index >= 15 is 0 Å². The second-order valence-electron chi connectivity index (χ2n) is 4.33. The standard InChI is InChI=1S/C13H17N3O3/c1-2-13(15,10-14)7-4-8-19-12-6-3-5-11(9-12)16(17)18/h3,5-6,9H,2,4,7-8,15H2,1H3. The molecule has 1 rings (SSSR count). The molecule has 1 atom stereocenters. The maximum atomic E-state index is 10.6. The van der Waals surface area contributed by atoms with Crippen LogP contribution in [0, 0.1) is 21.4 Å². The maximum Gasteiger partial charge on any atom is 0.273 e. The summed E-state index contributed by atoms with van der Waals surface area (Å²) in [5.74, 6) is 0.449. The third-order valence-corrected chi connectivity index (χ3v) is 2.92. The fourth-order valence-electron chi connectivity index (χ4n) is 1.58. The summed E-state index contributed by atoms with van der Waals surface area (Å²) in [5.41, 5.74) is 5.02. The third-order valence-electron chi connectivity index (χ3n) is 2.92. The number of nitriles is 1. The Hall–Kier alpha value is -2.13. The molecule has 0 bridgehead atoms. The van der Waals surface area contributed by atoms with Gasteiger partial charge in [0.1, 0.15) is 11.3 Å². The van der Waals surface area contributed by atoms with Crippen molar-refractivity contribution in [3.8, 4) is 11.8 Å². The van der Waals surface area contributed by atoms with Gasteiger partial charge in [0.05, 0.1) is 23.7 Å². The second kappa shape index (κ2) is 6.71. The molecule has 0 aliphatic carbocycles. The molecule has 0 aromatic heterocycles. The summed E-state index contributed by atoms with van der Waals surface area (Å²) in [4.78, 5) is 10.1. The maximum absolute atomic E-state index is 10.6. The van der Waals surface area contributed by atoms with Gasteiger partial charge in [-0.25, -0.2) is 0 Å². The van der Waals surface area contributed by atoms with Crippen LogP contribution in [0.4, 0.5) is 5.69 Å². The van der Waals surface area contributed by atoms with Crippen molar-refractivity contribution in [1.82, 2.24) is 0 Å². The zero-order chi connectivity index (χ0) is 14.3. The van der Waals surface area contributed by atoms with Crippen molar-refractivity contribution < 1.29 is 9.66 Å². The highest BCUT2D eigenvalue weighted by atomic mass is 16.6. The molecule has 1 aromatic carbocycles. The number of benzene rings is 1. The number of hydrogen-bond donors (Lipinski definition) is 1. The summed E-state index contributed by atoms with van der Waals surface area (Å²) < 4.78 is 5.41. The van der Waals surface area contributed by atoms with Gasteiger partial charge in [-0.15, -0.1) is 0 Å². The van der Waals surface area contributed by atoms with Crippen LogP contribution in [0.2, 0.25) is 0 Å². The fraction of sp³-hybridized carbons (Fsp3) is 0.462. The van der Waals surface area contributed by atoms with Gasteiger partial charge in [0, 0.05) is 6.07 Å². The number of nitro benzene ring substituents is 1. The highest BCUT2D eigenvalue weighted by Crippen LogP contribution is 2.20. The monoisotopic (exact) mass is 263 g/mol. The topological polar surface area (TPSA) is 102 Å². The van der Waals surface area contributed by atoms with E-state index in [2.05, 4.69) is 6.07 Å². The van der Waals surface area contributed by atoms with Crippen molar-refractivity contribution >= 4 is 5.69 Å². The van der Waals surface area contributed by atoms with E-state index < -0.39 is 10.5 Å². The van der Waals surface area contributed by atoms with E-state index in [9.17, 15) is 10.1 Å². The van der Waals surface area contributed by atoms with Crippen molar-refractivity contribution in [2.75, 3.05) is 6.61 Å². The average Bonchev–Trinajstić information content (AvgIpc) is 2.43. The molecule has 0 amide bonds. The Bertz CT molecular complexity index is 484. The predicted octanol–water partition coefficient (Wildman–Crippen LogP) is 2.38. The van der Waals surface area contributed by atoms with Crippen molar-refractivity contribution in [2.45, 2.75) is 31.7 Å². The summed E-state index contributed by atoms with van der Waals surface area (Å²) in [5, 5.41) is 19.5. The Morgan fingerprint density at radius 1 is 1.58 bits per heavy atom. The first-order valence-corrected chi connectivity index (χ1v) is 6.08. The Morgan fingerprint density at radius 3 is 2.89 bits per heavy atom. The highest BCUT2D eigenvalue weighted by molar-refractivity contribution is 5.37. The van der Waals surface area contributed by atoms with Crippen molar-refractivity contribution in [1.29, 1.82) is 5.26 Å². The Kier molecular flexibility index (Phi) is 5.27.